The summed E-state index contributed by atoms with van der Waals surface area (Å²) in [6.07, 6.45) is 0.440. The molecule has 16 heavy (non-hydrogen) atoms. The van der Waals surface area contributed by atoms with Gasteiger partial charge in [0.05, 0.1) is 12.8 Å². The molecule has 0 unspecified atom stereocenters. The minimum absolute atomic E-state index is 0.00156. The molecule has 0 heterocycles. The number of Topliss-reactive ketones (excluding diaryl/α,β-unsaturated/α-hetero) is 1. The largest absolute Gasteiger partial charge is 0.427 e. The van der Waals surface area contributed by atoms with Crippen LogP contribution >= 0.6 is 0 Å². The van der Waals surface area contributed by atoms with Crippen molar-refractivity contribution in [3.05, 3.63) is 30.3 Å². The van der Waals surface area contributed by atoms with E-state index in [-0.39, 0.29) is 25.0 Å². The number of carbonyl (C=O) groups excluding carboxylic acids is 3. The average molecular weight is 220 g/mol. The van der Waals surface area contributed by atoms with Crippen molar-refractivity contribution in [2.75, 3.05) is 0 Å². The molecule has 1 aromatic carbocycles. The van der Waals surface area contributed by atoms with Crippen molar-refractivity contribution in [2.45, 2.75) is 19.3 Å². The van der Waals surface area contributed by atoms with Crippen LogP contribution in [0.25, 0.3) is 0 Å². The molecule has 84 valence electrons. The van der Waals surface area contributed by atoms with Crippen LogP contribution in [0.2, 0.25) is 0 Å². The quantitative estimate of drug-likeness (QED) is 0.315. The van der Waals surface area contributed by atoms with Crippen molar-refractivity contribution < 1.29 is 19.1 Å². The van der Waals surface area contributed by atoms with Crippen molar-refractivity contribution in [3.63, 3.8) is 0 Å². The smallest absolute Gasteiger partial charge is 0.311 e. The summed E-state index contributed by atoms with van der Waals surface area (Å²) in [6, 6.07) is 8.63. The second-order valence-electron chi connectivity index (χ2n) is 3.20. The number of benzene rings is 1. The number of rotatable bonds is 6. The van der Waals surface area contributed by atoms with Gasteiger partial charge in [-0.1, -0.05) is 18.2 Å². The lowest BCUT2D eigenvalue weighted by Gasteiger charge is -2.02. The Kier molecular flexibility index (Phi) is 4.92. The third-order valence-electron chi connectivity index (χ3n) is 1.89. The number of hydrogen-bond acceptors (Lipinski definition) is 4. The van der Waals surface area contributed by atoms with E-state index in [4.69, 9.17) is 4.74 Å². The van der Waals surface area contributed by atoms with Gasteiger partial charge in [0.1, 0.15) is 17.8 Å². The van der Waals surface area contributed by atoms with E-state index in [1.807, 2.05) is 6.07 Å². The standard InChI is InChI=1S/C12H12O4/c13-9-8-10(14)6-7-12(15)16-11-4-2-1-3-5-11/h1-5,9H,6-8H2. The third-order valence-corrected chi connectivity index (χ3v) is 1.89. The molecular formula is C12H12O4. The Morgan fingerprint density at radius 1 is 1.12 bits per heavy atom. The Morgan fingerprint density at radius 2 is 1.81 bits per heavy atom. The van der Waals surface area contributed by atoms with Crippen molar-refractivity contribution in [2.24, 2.45) is 0 Å². The van der Waals surface area contributed by atoms with Crippen LogP contribution in [0.15, 0.2) is 30.3 Å². The van der Waals surface area contributed by atoms with Crippen LogP contribution in [-0.2, 0) is 14.4 Å². The van der Waals surface area contributed by atoms with Crippen LogP contribution in [0.1, 0.15) is 19.3 Å². The summed E-state index contributed by atoms with van der Waals surface area (Å²) < 4.78 is 4.96. The van der Waals surface area contributed by atoms with Crippen LogP contribution in [0.4, 0.5) is 0 Å². The summed E-state index contributed by atoms with van der Waals surface area (Å²) in [5.41, 5.74) is 0. The number of ether oxygens (including phenoxy) is 1. The van der Waals surface area contributed by atoms with E-state index in [9.17, 15) is 14.4 Å². The van der Waals surface area contributed by atoms with Gasteiger partial charge in [-0.15, -0.1) is 0 Å². The molecule has 1 rings (SSSR count). The number of aldehydes is 1. The van der Waals surface area contributed by atoms with E-state index in [0.717, 1.165) is 0 Å². The van der Waals surface area contributed by atoms with Gasteiger partial charge in [0.2, 0.25) is 0 Å². The molecule has 0 radical (unpaired) electrons. The summed E-state index contributed by atoms with van der Waals surface area (Å²) in [7, 11) is 0. The molecule has 4 heteroatoms. The molecule has 0 saturated heterocycles. The van der Waals surface area contributed by atoms with Gasteiger partial charge in [-0.3, -0.25) is 9.59 Å². The molecule has 1 aromatic rings. The lowest BCUT2D eigenvalue weighted by molar-refractivity contribution is -0.136. The zero-order valence-electron chi connectivity index (χ0n) is 8.72. The molecule has 0 N–H and O–H groups in total. The highest BCUT2D eigenvalue weighted by molar-refractivity contribution is 5.91. The topological polar surface area (TPSA) is 60.4 Å². The monoisotopic (exact) mass is 220 g/mol. The lowest BCUT2D eigenvalue weighted by atomic mass is 10.2. The molecule has 0 aromatic heterocycles. The summed E-state index contributed by atoms with van der Waals surface area (Å²) in [6.45, 7) is 0. The number of esters is 1. The van der Waals surface area contributed by atoms with Gasteiger partial charge >= 0.3 is 5.97 Å². The van der Waals surface area contributed by atoms with Gasteiger partial charge < -0.3 is 9.53 Å². The molecule has 0 amide bonds. The fourth-order valence-corrected chi connectivity index (χ4v) is 1.11. The maximum absolute atomic E-state index is 11.3. The van der Waals surface area contributed by atoms with Crippen molar-refractivity contribution in [3.8, 4) is 5.75 Å². The normalized spacial score (nSPS) is 9.50. The third kappa shape index (κ3) is 4.50. The molecule has 0 bridgehead atoms. The highest BCUT2D eigenvalue weighted by atomic mass is 16.5. The van der Waals surface area contributed by atoms with Crippen LogP contribution in [0, 0.1) is 0 Å². The highest BCUT2D eigenvalue weighted by Gasteiger charge is 2.08. The van der Waals surface area contributed by atoms with Crippen LogP contribution in [0.5, 0.6) is 5.75 Å². The fraction of sp³-hybridized carbons (Fsp3) is 0.250. The first kappa shape index (κ1) is 12.1. The summed E-state index contributed by atoms with van der Waals surface area (Å²) in [5.74, 6) is -0.263. The maximum Gasteiger partial charge on any atom is 0.311 e. The summed E-state index contributed by atoms with van der Waals surface area (Å²) in [4.78, 5) is 32.2. The van der Waals surface area contributed by atoms with E-state index in [0.29, 0.717) is 12.0 Å². The molecule has 0 spiro atoms. The predicted octanol–water partition coefficient (Wildman–Crippen LogP) is 1.53. The Hall–Kier alpha value is -1.97. The molecule has 4 nitrogen and oxygen atoms in total. The zero-order chi connectivity index (χ0) is 11.8. The van der Waals surface area contributed by atoms with Crippen LogP contribution < -0.4 is 4.74 Å². The molecular weight excluding hydrogens is 208 g/mol. The van der Waals surface area contributed by atoms with Crippen molar-refractivity contribution >= 4 is 18.0 Å². The van der Waals surface area contributed by atoms with E-state index >= 15 is 0 Å². The van der Waals surface area contributed by atoms with Crippen LogP contribution in [0.3, 0.4) is 0 Å². The molecule has 0 fully saturated rings. The summed E-state index contributed by atoms with van der Waals surface area (Å²) in [5, 5.41) is 0. The average Bonchev–Trinajstić information content (AvgIpc) is 2.28. The maximum atomic E-state index is 11.3. The second-order valence-corrected chi connectivity index (χ2v) is 3.20. The minimum Gasteiger partial charge on any atom is -0.427 e. The zero-order valence-corrected chi connectivity index (χ0v) is 8.72. The Bertz CT molecular complexity index is 370. The number of hydrogen-bond donors (Lipinski definition) is 0. The Balaban J connectivity index is 2.31. The first-order chi connectivity index (χ1) is 7.72. The Morgan fingerprint density at radius 3 is 2.44 bits per heavy atom. The second kappa shape index (κ2) is 6.50. The molecule has 0 aliphatic rings. The van der Waals surface area contributed by atoms with Crippen LogP contribution in [-0.4, -0.2) is 18.0 Å². The van der Waals surface area contributed by atoms with Crippen molar-refractivity contribution in [1.29, 1.82) is 0 Å². The van der Waals surface area contributed by atoms with Crippen molar-refractivity contribution in [1.82, 2.24) is 0 Å². The SMILES string of the molecule is O=CCC(=O)CCC(=O)Oc1ccccc1. The lowest BCUT2D eigenvalue weighted by Crippen LogP contribution is -2.10. The molecule has 0 aliphatic carbocycles. The first-order valence-electron chi connectivity index (χ1n) is 4.93. The van der Waals surface area contributed by atoms with Gasteiger partial charge in [0, 0.05) is 6.42 Å². The van der Waals surface area contributed by atoms with E-state index in [2.05, 4.69) is 0 Å². The predicted molar refractivity (Wildman–Crippen MR) is 57.0 cm³/mol. The molecule has 0 atom stereocenters. The van der Waals surface area contributed by atoms with Gasteiger partial charge in [-0.05, 0) is 12.1 Å². The molecule has 0 saturated carbocycles. The summed E-state index contributed by atoms with van der Waals surface area (Å²) >= 11 is 0. The number of para-hydroxylation sites is 1. The van der Waals surface area contributed by atoms with E-state index in [1.54, 1.807) is 24.3 Å². The highest BCUT2D eigenvalue weighted by Crippen LogP contribution is 2.09. The van der Waals surface area contributed by atoms with Gasteiger partial charge in [-0.25, -0.2) is 0 Å². The van der Waals surface area contributed by atoms with Gasteiger partial charge in [0.25, 0.3) is 0 Å². The molecule has 0 aliphatic heterocycles. The number of carbonyl (C=O) groups is 3. The van der Waals surface area contributed by atoms with Gasteiger partial charge in [-0.2, -0.15) is 0 Å². The first-order valence-corrected chi connectivity index (χ1v) is 4.93. The van der Waals surface area contributed by atoms with Gasteiger partial charge in [0.15, 0.2) is 0 Å². The number of ketones is 1. The Labute approximate surface area is 93.2 Å². The van der Waals surface area contributed by atoms with E-state index in [1.165, 1.54) is 0 Å². The van der Waals surface area contributed by atoms with E-state index < -0.39 is 5.97 Å². The minimum atomic E-state index is -0.467. The fourth-order valence-electron chi connectivity index (χ4n) is 1.11.